The number of hydrogen-bond donors (Lipinski definition) is 2. The van der Waals surface area contributed by atoms with Crippen molar-refractivity contribution in [3.8, 4) is 0 Å². The minimum Gasteiger partial charge on any atom is -0.355 e. The van der Waals surface area contributed by atoms with Gasteiger partial charge in [-0.1, -0.05) is 18.2 Å². The van der Waals surface area contributed by atoms with E-state index in [0.29, 0.717) is 12.3 Å². The molecular formula is C16H15F3N2O2. The summed E-state index contributed by atoms with van der Waals surface area (Å²) in [6.45, 7) is 2.02. The van der Waals surface area contributed by atoms with Crippen LogP contribution in [0.25, 0.3) is 0 Å². The first-order valence-corrected chi connectivity index (χ1v) is 6.87. The Morgan fingerprint density at radius 2 is 1.87 bits per heavy atom. The minimum atomic E-state index is -4.43. The number of alkyl halides is 3. The van der Waals surface area contributed by atoms with Gasteiger partial charge in [0.05, 0.1) is 23.4 Å². The van der Waals surface area contributed by atoms with Crippen LogP contribution in [0, 0.1) is 0 Å². The molecule has 0 aliphatic heterocycles. The van der Waals surface area contributed by atoms with Gasteiger partial charge in [-0.2, -0.15) is 13.2 Å². The summed E-state index contributed by atoms with van der Waals surface area (Å²) in [6.07, 6.45) is -4.43. The van der Waals surface area contributed by atoms with E-state index in [0.717, 1.165) is 12.1 Å². The van der Waals surface area contributed by atoms with Gasteiger partial charge in [-0.15, -0.1) is 0 Å². The maximum absolute atomic E-state index is 12.7. The summed E-state index contributed by atoms with van der Waals surface area (Å²) in [5.74, 6) is -0.484. The van der Waals surface area contributed by atoms with Gasteiger partial charge in [-0.25, -0.2) is 5.48 Å². The monoisotopic (exact) mass is 324 g/mol. The summed E-state index contributed by atoms with van der Waals surface area (Å²) in [4.78, 5) is 16.8. The van der Waals surface area contributed by atoms with Crippen molar-refractivity contribution in [2.24, 2.45) is 0 Å². The van der Waals surface area contributed by atoms with Gasteiger partial charge in [0.1, 0.15) is 0 Å². The van der Waals surface area contributed by atoms with Gasteiger partial charge in [-0.3, -0.25) is 9.63 Å². The molecule has 2 N–H and O–H groups in total. The van der Waals surface area contributed by atoms with Crippen LogP contribution >= 0.6 is 0 Å². The van der Waals surface area contributed by atoms with Gasteiger partial charge in [0.2, 0.25) is 0 Å². The highest BCUT2D eigenvalue weighted by Crippen LogP contribution is 2.31. The van der Waals surface area contributed by atoms with Crippen LogP contribution in [-0.2, 0) is 11.0 Å². The number of halogens is 3. The summed E-state index contributed by atoms with van der Waals surface area (Å²) < 4.78 is 38.2. The Morgan fingerprint density at radius 1 is 1.13 bits per heavy atom. The van der Waals surface area contributed by atoms with Gasteiger partial charge in [0, 0.05) is 5.69 Å². The van der Waals surface area contributed by atoms with Crippen LogP contribution in [0.5, 0.6) is 0 Å². The van der Waals surface area contributed by atoms with Gasteiger partial charge >= 0.3 is 6.18 Å². The van der Waals surface area contributed by atoms with Crippen molar-refractivity contribution in [1.82, 2.24) is 5.48 Å². The number of amides is 1. The van der Waals surface area contributed by atoms with Crippen molar-refractivity contribution in [2.45, 2.75) is 13.1 Å². The van der Waals surface area contributed by atoms with Crippen LogP contribution in [0.15, 0.2) is 48.5 Å². The average molecular weight is 324 g/mol. The number of carbonyl (C=O) groups excluding carboxylic acids is 1. The smallest absolute Gasteiger partial charge is 0.355 e. The van der Waals surface area contributed by atoms with Crippen LogP contribution in [-0.4, -0.2) is 12.5 Å². The predicted octanol–water partition coefficient (Wildman–Crippen LogP) is 4.13. The Labute approximate surface area is 131 Å². The van der Waals surface area contributed by atoms with Crippen molar-refractivity contribution in [3.63, 3.8) is 0 Å². The number of rotatable bonds is 5. The first-order chi connectivity index (χ1) is 10.9. The molecule has 0 fully saturated rings. The molecule has 0 spiro atoms. The largest absolute Gasteiger partial charge is 0.416 e. The maximum Gasteiger partial charge on any atom is 0.416 e. The lowest BCUT2D eigenvalue weighted by Gasteiger charge is -2.13. The van der Waals surface area contributed by atoms with Crippen molar-refractivity contribution >= 4 is 17.3 Å². The molecule has 0 atom stereocenters. The second-order valence-corrected chi connectivity index (χ2v) is 4.61. The second-order valence-electron chi connectivity index (χ2n) is 4.61. The standard InChI is InChI=1S/C16H15F3N2O2/c1-2-23-21-15(22)13-8-3-4-9-14(13)20-12-7-5-6-11(10-12)16(17,18)19/h3-10,20H,2H2,1H3,(H,21,22). The fourth-order valence-electron chi connectivity index (χ4n) is 1.91. The van der Waals surface area contributed by atoms with Crippen molar-refractivity contribution in [2.75, 3.05) is 11.9 Å². The van der Waals surface area contributed by atoms with E-state index in [1.165, 1.54) is 12.1 Å². The molecule has 0 aliphatic carbocycles. The highest BCUT2D eigenvalue weighted by molar-refractivity contribution is 5.99. The lowest BCUT2D eigenvalue weighted by Crippen LogP contribution is -2.24. The molecule has 1 amide bonds. The second kappa shape index (κ2) is 7.15. The molecule has 0 radical (unpaired) electrons. The van der Waals surface area contributed by atoms with E-state index >= 15 is 0 Å². The van der Waals surface area contributed by atoms with E-state index in [-0.39, 0.29) is 11.3 Å². The zero-order valence-corrected chi connectivity index (χ0v) is 12.3. The fraction of sp³-hybridized carbons (Fsp3) is 0.188. The molecular weight excluding hydrogens is 309 g/mol. The predicted molar refractivity (Wildman–Crippen MR) is 80.3 cm³/mol. The summed E-state index contributed by atoms with van der Waals surface area (Å²) >= 11 is 0. The van der Waals surface area contributed by atoms with Crippen molar-refractivity contribution in [3.05, 3.63) is 59.7 Å². The maximum atomic E-state index is 12.7. The van der Waals surface area contributed by atoms with E-state index in [2.05, 4.69) is 10.8 Å². The molecule has 2 rings (SSSR count). The Bertz CT molecular complexity index is 687. The fourth-order valence-corrected chi connectivity index (χ4v) is 1.91. The Balaban J connectivity index is 2.25. The summed E-state index contributed by atoms with van der Waals surface area (Å²) in [6, 6.07) is 11.2. The zero-order chi connectivity index (χ0) is 16.9. The van der Waals surface area contributed by atoms with Crippen LogP contribution in [0.2, 0.25) is 0 Å². The topological polar surface area (TPSA) is 50.4 Å². The number of carbonyl (C=O) groups is 1. The molecule has 0 saturated heterocycles. The molecule has 0 saturated carbocycles. The first kappa shape index (κ1) is 16.8. The summed E-state index contributed by atoms with van der Waals surface area (Å²) in [5, 5.41) is 2.83. The molecule has 0 aliphatic rings. The minimum absolute atomic E-state index is 0.233. The van der Waals surface area contributed by atoms with Crippen molar-refractivity contribution in [1.29, 1.82) is 0 Å². The van der Waals surface area contributed by atoms with E-state index in [4.69, 9.17) is 4.84 Å². The summed E-state index contributed by atoms with van der Waals surface area (Å²) in [5.41, 5.74) is 2.36. The average Bonchev–Trinajstić information content (AvgIpc) is 2.52. The normalized spacial score (nSPS) is 11.1. The van der Waals surface area contributed by atoms with Crippen molar-refractivity contribution < 1.29 is 22.8 Å². The Hall–Kier alpha value is -2.54. The van der Waals surface area contributed by atoms with Gasteiger partial charge in [-0.05, 0) is 37.3 Å². The number of benzene rings is 2. The molecule has 122 valence electrons. The third kappa shape index (κ3) is 4.46. The quantitative estimate of drug-likeness (QED) is 0.813. The van der Waals surface area contributed by atoms with Gasteiger partial charge < -0.3 is 5.32 Å². The van der Waals surface area contributed by atoms with E-state index in [1.54, 1.807) is 31.2 Å². The lowest BCUT2D eigenvalue weighted by molar-refractivity contribution is -0.137. The van der Waals surface area contributed by atoms with Gasteiger partial charge in [0.25, 0.3) is 5.91 Å². The number of para-hydroxylation sites is 1. The molecule has 4 nitrogen and oxygen atoms in total. The number of hydrogen-bond acceptors (Lipinski definition) is 3. The molecule has 7 heteroatoms. The zero-order valence-electron chi connectivity index (χ0n) is 12.3. The number of hydroxylamine groups is 1. The Kier molecular flexibility index (Phi) is 5.23. The van der Waals surface area contributed by atoms with Crippen LogP contribution in [0.3, 0.4) is 0 Å². The van der Waals surface area contributed by atoms with E-state index in [9.17, 15) is 18.0 Å². The molecule has 0 heterocycles. The SMILES string of the molecule is CCONC(=O)c1ccccc1Nc1cccc(C(F)(F)F)c1. The molecule has 2 aromatic rings. The third-order valence-corrected chi connectivity index (χ3v) is 2.95. The molecule has 0 aromatic heterocycles. The Morgan fingerprint density at radius 3 is 2.57 bits per heavy atom. The van der Waals surface area contributed by atoms with Gasteiger partial charge in [0.15, 0.2) is 0 Å². The van der Waals surface area contributed by atoms with Crippen LogP contribution in [0.4, 0.5) is 24.5 Å². The number of anilines is 2. The molecule has 23 heavy (non-hydrogen) atoms. The molecule has 2 aromatic carbocycles. The van der Waals surface area contributed by atoms with E-state index in [1.807, 2.05) is 0 Å². The third-order valence-electron chi connectivity index (χ3n) is 2.95. The highest BCUT2D eigenvalue weighted by Gasteiger charge is 2.30. The van der Waals surface area contributed by atoms with Crippen LogP contribution < -0.4 is 10.8 Å². The van der Waals surface area contributed by atoms with E-state index < -0.39 is 17.6 Å². The molecule has 0 bridgehead atoms. The highest BCUT2D eigenvalue weighted by atomic mass is 19.4. The molecule has 0 unspecified atom stereocenters. The summed E-state index contributed by atoms with van der Waals surface area (Å²) in [7, 11) is 0. The lowest BCUT2D eigenvalue weighted by atomic mass is 10.1. The van der Waals surface area contributed by atoms with Crippen LogP contribution in [0.1, 0.15) is 22.8 Å². The number of nitrogens with one attached hydrogen (secondary N) is 2. The first-order valence-electron chi connectivity index (χ1n) is 6.87.